The van der Waals surface area contributed by atoms with E-state index in [1.54, 1.807) is 72.8 Å². The SMILES string of the molecule is O=C(COc1ccccc1Cl)Nc1cccc2c1C(=O)N(c1ccccc1)C2=O. The van der Waals surface area contributed by atoms with Crippen LogP contribution in [0, 0.1) is 0 Å². The maximum absolute atomic E-state index is 12.9. The molecule has 0 fully saturated rings. The molecule has 0 spiro atoms. The number of ether oxygens (including phenoxy) is 1. The predicted molar refractivity (Wildman–Crippen MR) is 110 cm³/mol. The average molecular weight is 407 g/mol. The molecule has 0 unspecified atom stereocenters. The molecule has 6 nitrogen and oxygen atoms in total. The number of hydrogen-bond donors (Lipinski definition) is 1. The van der Waals surface area contributed by atoms with E-state index in [0.29, 0.717) is 16.5 Å². The van der Waals surface area contributed by atoms with Gasteiger partial charge < -0.3 is 10.1 Å². The van der Waals surface area contributed by atoms with E-state index in [0.717, 1.165) is 4.90 Å². The highest BCUT2D eigenvalue weighted by molar-refractivity contribution is 6.36. The summed E-state index contributed by atoms with van der Waals surface area (Å²) in [5, 5.41) is 3.04. The second-order valence-corrected chi connectivity index (χ2v) is 6.68. The Bertz CT molecular complexity index is 1110. The summed E-state index contributed by atoms with van der Waals surface area (Å²) in [7, 11) is 0. The number of nitrogens with one attached hydrogen (secondary N) is 1. The fourth-order valence-electron chi connectivity index (χ4n) is 3.09. The van der Waals surface area contributed by atoms with Crippen LogP contribution < -0.4 is 15.0 Å². The number of carbonyl (C=O) groups excluding carboxylic acids is 3. The Morgan fingerprint density at radius 2 is 1.62 bits per heavy atom. The van der Waals surface area contributed by atoms with Crippen molar-refractivity contribution in [2.24, 2.45) is 0 Å². The van der Waals surface area contributed by atoms with Crippen LogP contribution in [0.1, 0.15) is 20.7 Å². The van der Waals surface area contributed by atoms with Crippen LogP contribution in [0.4, 0.5) is 11.4 Å². The van der Waals surface area contributed by atoms with Gasteiger partial charge in [0.15, 0.2) is 6.61 Å². The molecule has 0 saturated heterocycles. The molecule has 0 aliphatic carbocycles. The number of carbonyl (C=O) groups is 3. The van der Waals surface area contributed by atoms with Crippen molar-refractivity contribution in [1.29, 1.82) is 0 Å². The number of halogens is 1. The Morgan fingerprint density at radius 3 is 2.38 bits per heavy atom. The van der Waals surface area contributed by atoms with Gasteiger partial charge in [0.1, 0.15) is 5.75 Å². The summed E-state index contributed by atoms with van der Waals surface area (Å²) in [6, 6.07) is 20.2. The smallest absolute Gasteiger partial charge is 0.268 e. The maximum atomic E-state index is 12.9. The summed E-state index contributed by atoms with van der Waals surface area (Å²) in [6.07, 6.45) is 0. The molecule has 7 heteroatoms. The zero-order chi connectivity index (χ0) is 20.4. The van der Waals surface area contributed by atoms with Crippen molar-refractivity contribution in [1.82, 2.24) is 0 Å². The lowest BCUT2D eigenvalue weighted by Crippen LogP contribution is -2.29. The van der Waals surface area contributed by atoms with Crippen molar-refractivity contribution < 1.29 is 19.1 Å². The third-order valence-electron chi connectivity index (χ3n) is 4.40. The normalized spacial score (nSPS) is 12.7. The first kappa shape index (κ1) is 18.7. The fraction of sp³-hybridized carbons (Fsp3) is 0.0455. The van der Waals surface area contributed by atoms with E-state index in [-0.39, 0.29) is 23.4 Å². The molecular formula is C22H15ClN2O4. The maximum Gasteiger partial charge on any atom is 0.268 e. The van der Waals surface area contributed by atoms with Crippen LogP contribution in [-0.4, -0.2) is 24.3 Å². The van der Waals surface area contributed by atoms with Crippen LogP contribution in [0.3, 0.4) is 0 Å². The fourth-order valence-corrected chi connectivity index (χ4v) is 3.28. The summed E-state index contributed by atoms with van der Waals surface area (Å²) in [6.45, 7) is -0.294. The molecular weight excluding hydrogens is 392 g/mol. The first-order chi connectivity index (χ1) is 14.1. The van der Waals surface area contributed by atoms with Crippen molar-refractivity contribution in [3.05, 3.63) is 88.9 Å². The molecule has 0 saturated carbocycles. The van der Waals surface area contributed by atoms with Gasteiger partial charge in [-0.2, -0.15) is 0 Å². The molecule has 1 N–H and O–H groups in total. The molecule has 4 rings (SSSR count). The highest BCUT2D eigenvalue weighted by atomic mass is 35.5. The van der Waals surface area contributed by atoms with Gasteiger partial charge in [0.2, 0.25) is 0 Å². The zero-order valence-electron chi connectivity index (χ0n) is 15.1. The summed E-state index contributed by atoms with van der Waals surface area (Å²) < 4.78 is 5.42. The van der Waals surface area contributed by atoms with Gasteiger partial charge in [-0.25, -0.2) is 4.90 Å². The number of imide groups is 1. The van der Waals surface area contributed by atoms with E-state index in [2.05, 4.69) is 5.32 Å². The van der Waals surface area contributed by atoms with Crippen LogP contribution in [0.15, 0.2) is 72.8 Å². The second kappa shape index (κ2) is 7.77. The quantitative estimate of drug-likeness (QED) is 0.645. The minimum atomic E-state index is -0.487. The molecule has 3 aromatic rings. The first-order valence-electron chi connectivity index (χ1n) is 8.80. The molecule has 29 heavy (non-hydrogen) atoms. The number of amides is 3. The van der Waals surface area contributed by atoms with Gasteiger partial charge in [0, 0.05) is 0 Å². The summed E-state index contributed by atoms with van der Waals surface area (Å²) in [5.41, 5.74) is 1.13. The molecule has 0 atom stereocenters. The van der Waals surface area contributed by atoms with Gasteiger partial charge in [-0.3, -0.25) is 14.4 Å². The molecule has 0 aromatic heterocycles. The zero-order valence-corrected chi connectivity index (χ0v) is 15.8. The molecule has 1 heterocycles. The molecule has 1 aliphatic rings. The van der Waals surface area contributed by atoms with Crippen LogP contribution in [0.5, 0.6) is 5.75 Å². The van der Waals surface area contributed by atoms with Crippen molar-refractivity contribution in [2.75, 3.05) is 16.8 Å². The van der Waals surface area contributed by atoms with Crippen LogP contribution >= 0.6 is 11.6 Å². The van der Waals surface area contributed by atoms with Crippen molar-refractivity contribution in [3.63, 3.8) is 0 Å². The van der Waals surface area contributed by atoms with Crippen molar-refractivity contribution >= 4 is 40.7 Å². The largest absolute Gasteiger partial charge is 0.482 e. The van der Waals surface area contributed by atoms with Crippen molar-refractivity contribution in [2.45, 2.75) is 0 Å². The van der Waals surface area contributed by atoms with Gasteiger partial charge in [-0.15, -0.1) is 0 Å². The molecule has 1 aliphatic heterocycles. The lowest BCUT2D eigenvalue weighted by molar-refractivity contribution is -0.118. The Balaban J connectivity index is 1.54. The molecule has 3 amide bonds. The molecule has 3 aromatic carbocycles. The third-order valence-corrected chi connectivity index (χ3v) is 4.71. The highest BCUT2D eigenvalue weighted by Gasteiger charge is 2.38. The van der Waals surface area contributed by atoms with Crippen LogP contribution in [-0.2, 0) is 4.79 Å². The van der Waals surface area contributed by atoms with Gasteiger partial charge in [0.25, 0.3) is 17.7 Å². The number of rotatable bonds is 5. The van der Waals surface area contributed by atoms with E-state index in [4.69, 9.17) is 16.3 Å². The number of benzene rings is 3. The van der Waals surface area contributed by atoms with E-state index in [9.17, 15) is 14.4 Å². The van der Waals surface area contributed by atoms with Gasteiger partial charge >= 0.3 is 0 Å². The van der Waals surface area contributed by atoms with E-state index >= 15 is 0 Å². The Kier molecular flexibility index (Phi) is 5.01. The highest BCUT2D eigenvalue weighted by Crippen LogP contribution is 2.32. The predicted octanol–water partition coefficient (Wildman–Crippen LogP) is 4.16. The lowest BCUT2D eigenvalue weighted by Gasteiger charge is -2.14. The summed E-state index contributed by atoms with van der Waals surface area (Å²) >= 11 is 6.01. The van der Waals surface area contributed by atoms with Gasteiger partial charge in [-0.05, 0) is 36.4 Å². The lowest BCUT2D eigenvalue weighted by atomic mass is 10.1. The van der Waals surface area contributed by atoms with Crippen LogP contribution in [0.2, 0.25) is 5.02 Å². The van der Waals surface area contributed by atoms with E-state index in [1.165, 1.54) is 0 Å². The first-order valence-corrected chi connectivity index (χ1v) is 9.18. The van der Waals surface area contributed by atoms with Crippen LogP contribution in [0.25, 0.3) is 0 Å². The van der Waals surface area contributed by atoms with E-state index in [1.807, 2.05) is 0 Å². The average Bonchev–Trinajstić information content (AvgIpc) is 2.99. The van der Waals surface area contributed by atoms with Crippen molar-refractivity contribution in [3.8, 4) is 5.75 Å². The standard InChI is InChI=1S/C22H15ClN2O4/c23-16-10-4-5-12-18(16)29-13-19(26)24-17-11-6-9-15-20(17)22(28)25(21(15)27)14-7-2-1-3-8-14/h1-12H,13H2,(H,24,26). The second-order valence-electron chi connectivity index (χ2n) is 6.28. The number of fused-ring (bicyclic) bond motifs is 1. The monoisotopic (exact) mass is 406 g/mol. The number of anilines is 2. The number of nitrogens with zero attached hydrogens (tertiary/aromatic N) is 1. The van der Waals surface area contributed by atoms with Gasteiger partial charge in [0.05, 0.1) is 27.5 Å². The minimum absolute atomic E-state index is 0.160. The molecule has 0 bridgehead atoms. The Hall–Kier alpha value is -3.64. The number of hydrogen-bond acceptors (Lipinski definition) is 4. The summed E-state index contributed by atoms with van der Waals surface area (Å²) in [4.78, 5) is 39.1. The molecule has 0 radical (unpaired) electrons. The summed E-state index contributed by atoms with van der Waals surface area (Å²) in [5.74, 6) is -1.01. The Morgan fingerprint density at radius 1 is 0.897 bits per heavy atom. The minimum Gasteiger partial charge on any atom is -0.482 e. The third kappa shape index (κ3) is 3.58. The molecule has 144 valence electrons. The number of para-hydroxylation sites is 2. The van der Waals surface area contributed by atoms with E-state index < -0.39 is 17.7 Å². The topological polar surface area (TPSA) is 75.7 Å². The van der Waals surface area contributed by atoms with Gasteiger partial charge in [-0.1, -0.05) is 48.0 Å². The Labute approximate surface area is 171 Å².